The van der Waals surface area contributed by atoms with E-state index in [4.69, 9.17) is 4.74 Å². The summed E-state index contributed by atoms with van der Waals surface area (Å²) in [6.07, 6.45) is 1.76. The maximum absolute atomic E-state index is 9.73. The molecule has 10 heavy (non-hydrogen) atoms. The molecular weight excluding hydrogens is 148 g/mol. The summed E-state index contributed by atoms with van der Waals surface area (Å²) in [5.41, 5.74) is -0.514. The molecule has 1 fully saturated rings. The highest BCUT2D eigenvalue weighted by atomic mass is 32.2. The van der Waals surface area contributed by atoms with E-state index in [-0.39, 0.29) is 0 Å². The molecule has 60 valence electrons. The highest BCUT2D eigenvalue weighted by Crippen LogP contribution is 2.26. The van der Waals surface area contributed by atoms with Crippen molar-refractivity contribution in [1.82, 2.24) is 0 Å². The van der Waals surface area contributed by atoms with Gasteiger partial charge in [0.2, 0.25) is 0 Å². The van der Waals surface area contributed by atoms with E-state index in [2.05, 4.69) is 0 Å². The summed E-state index contributed by atoms with van der Waals surface area (Å²) < 4.78 is 4.93. The lowest BCUT2D eigenvalue weighted by atomic mass is 9.98. The molecule has 0 spiro atoms. The minimum atomic E-state index is -0.514. The minimum Gasteiger partial charge on any atom is -0.387 e. The van der Waals surface area contributed by atoms with Crippen molar-refractivity contribution in [1.29, 1.82) is 0 Å². The Balaban J connectivity index is 2.32. The van der Waals surface area contributed by atoms with E-state index in [1.54, 1.807) is 7.11 Å². The number of rotatable bonds is 2. The van der Waals surface area contributed by atoms with Crippen LogP contribution in [0, 0.1) is 0 Å². The van der Waals surface area contributed by atoms with Gasteiger partial charge in [-0.15, -0.1) is 0 Å². The molecule has 3 heteroatoms. The van der Waals surface area contributed by atoms with Gasteiger partial charge >= 0.3 is 0 Å². The van der Waals surface area contributed by atoms with E-state index in [1.807, 2.05) is 11.8 Å². The van der Waals surface area contributed by atoms with Crippen LogP contribution in [0.1, 0.15) is 12.8 Å². The van der Waals surface area contributed by atoms with Crippen LogP contribution in [0.3, 0.4) is 0 Å². The second kappa shape index (κ2) is 3.60. The fourth-order valence-corrected chi connectivity index (χ4v) is 2.42. The van der Waals surface area contributed by atoms with E-state index >= 15 is 0 Å². The van der Waals surface area contributed by atoms with Crippen molar-refractivity contribution in [3.63, 3.8) is 0 Å². The molecule has 0 bridgehead atoms. The Kier molecular flexibility index (Phi) is 3.01. The topological polar surface area (TPSA) is 29.5 Å². The normalized spacial score (nSPS) is 24.6. The summed E-state index contributed by atoms with van der Waals surface area (Å²) in [5, 5.41) is 9.73. The van der Waals surface area contributed by atoms with Crippen molar-refractivity contribution >= 4 is 11.8 Å². The van der Waals surface area contributed by atoms with Gasteiger partial charge in [0.1, 0.15) is 0 Å². The summed E-state index contributed by atoms with van der Waals surface area (Å²) in [6.45, 7) is 0.494. The summed E-state index contributed by atoms with van der Waals surface area (Å²) in [4.78, 5) is 0. The van der Waals surface area contributed by atoms with Gasteiger partial charge in [-0.2, -0.15) is 11.8 Å². The Morgan fingerprint density at radius 3 is 2.60 bits per heavy atom. The third kappa shape index (κ3) is 2.15. The van der Waals surface area contributed by atoms with Crippen molar-refractivity contribution in [2.75, 3.05) is 25.2 Å². The second-order valence-electron chi connectivity index (χ2n) is 2.77. The summed E-state index contributed by atoms with van der Waals surface area (Å²) in [5.74, 6) is 2.14. The number of aliphatic hydroxyl groups is 1. The Bertz CT molecular complexity index is 94.3. The summed E-state index contributed by atoms with van der Waals surface area (Å²) >= 11 is 1.91. The van der Waals surface area contributed by atoms with Gasteiger partial charge in [0.15, 0.2) is 0 Å². The first kappa shape index (κ1) is 8.37. The first-order valence-electron chi connectivity index (χ1n) is 3.56. The molecule has 1 aliphatic heterocycles. The molecule has 0 atom stereocenters. The molecule has 2 nitrogen and oxygen atoms in total. The SMILES string of the molecule is COCC1(O)CCSCC1. The largest absolute Gasteiger partial charge is 0.387 e. The van der Waals surface area contributed by atoms with Gasteiger partial charge in [0, 0.05) is 7.11 Å². The van der Waals surface area contributed by atoms with Gasteiger partial charge in [-0.1, -0.05) is 0 Å². The molecule has 0 aliphatic carbocycles. The number of methoxy groups -OCH3 is 1. The zero-order valence-electron chi connectivity index (χ0n) is 6.30. The lowest BCUT2D eigenvalue weighted by molar-refractivity contribution is -0.0364. The molecule has 0 aromatic carbocycles. The molecule has 0 radical (unpaired) electrons. The monoisotopic (exact) mass is 162 g/mol. The van der Waals surface area contributed by atoms with Crippen LogP contribution in [-0.4, -0.2) is 35.9 Å². The van der Waals surface area contributed by atoms with Gasteiger partial charge < -0.3 is 9.84 Å². The van der Waals surface area contributed by atoms with E-state index < -0.39 is 5.60 Å². The minimum absolute atomic E-state index is 0.494. The van der Waals surface area contributed by atoms with Crippen molar-refractivity contribution in [3.05, 3.63) is 0 Å². The quantitative estimate of drug-likeness (QED) is 0.654. The van der Waals surface area contributed by atoms with Crippen LogP contribution in [0.2, 0.25) is 0 Å². The molecule has 1 saturated heterocycles. The van der Waals surface area contributed by atoms with Crippen molar-refractivity contribution in [3.8, 4) is 0 Å². The number of hydrogen-bond acceptors (Lipinski definition) is 3. The Morgan fingerprint density at radius 2 is 2.10 bits per heavy atom. The predicted octanol–water partition coefficient (Wildman–Crippen LogP) is 0.891. The number of hydrogen-bond donors (Lipinski definition) is 1. The zero-order valence-corrected chi connectivity index (χ0v) is 7.12. The first-order chi connectivity index (χ1) is 4.77. The predicted molar refractivity (Wildman–Crippen MR) is 43.4 cm³/mol. The van der Waals surface area contributed by atoms with Crippen LogP contribution < -0.4 is 0 Å². The molecular formula is C7H14O2S. The van der Waals surface area contributed by atoms with E-state index in [1.165, 1.54) is 0 Å². The second-order valence-corrected chi connectivity index (χ2v) is 3.99. The standard InChI is InChI=1S/C7H14O2S/c1-9-6-7(8)2-4-10-5-3-7/h8H,2-6H2,1H3. The average Bonchev–Trinajstić information content (AvgIpc) is 1.89. The molecule has 1 heterocycles. The van der Waals surface area contributed by atoms with E-state index in [0.29, 0.717) is 6.61 Å². The summed E-state index contributed by atoms with van der Waals surface area (Å²) in [7, 11) is 1.64. The Hall–Kier alpha value is 0.270. The van der Waals surface area contributed by atoms with Crippen LogP contribution >= 0.6 is 11.8 Å². The lowest BCUT2D eigenvalue weighted by Crippen LogP contribution is -2.37. The Labute approximate surface area is 66.0 Å². The number of ether oxygens (including phenoxy) is 1. The maximum Gasteiger partial charge on any atom is 0.0895 e. The lowest BCUT2D eigenvalue weighted by Gasteiger charge is -2.30. The van der Waals surface area contributed by atoms with Gasteiger partial charge in [-0.25, -0.2) is 0 Å². The van der Waals surface area contributed by atoms with Crippen molar-refractivity contribution in [2.24, 2.45) is 0 Å². The average molecular weight is 162 g/mol. The van der Waals surface area contributed by atoms with E-state index in [9.17, 15) is 5.11 Å². The third-order valence-corrected chi connectivity index (χ3v) is 2.82. The van der Waals surface area contributed by atoms with Crippen LogP contribution in [0.5, 0.6) is 0 Å². The third-order valence-electron chi connectivity index (χ3n) is 1.84. The molecule has 0 aromatic heterocycles. The van der Waals surface area contributed by atoms with Crippen LogP contribution in [0.4, 0.5) is 0 Å². The molecule has 0 amide bonds. The molecule has 1 rings (SSSR count). The van der Waals surface area contributed by atoms with Crippen LogP contribution in [0.15, 0.2) is 0 Å². The molecule has 0 aromatic rings. The van der Waals surface area contributed by atoms with Crippen LogP contribution in [0.25, 0.3) is 0 Å². The number of thioether (sulfide) groups is 1. The van der Waals surface area contributed by atoms with Crippen LogP contribution in [-0.2, 0) is 4.74 Å². The van der Waals surface area contributed by atoms with Gasteiger partial charge in [0.05, 0.1) is 12.2 Å². The zero-order chi connectivity index (χ0) is 7.45. The molecule has 1 N–H and O–H groups in total. The molecule has 0 unspecified atom stereocenters. The first-order valence-corrected chi connectivity index (χ1v) is 4.71. The van der Waals surface area contributed by atoms with Gasteiger partial charge in [-0.3, -0.25) is 0 Å². The molecule has 1 aliphatic rings. The van der Waals surface area contributed by atoms with Gasteiger partial charge in [0.25, 0.3) is 0 Å². The van der Waals surface area contributed by atoms with Gasteiger partial charge in [-0.05, 0) is 24.3 Å². The fraction of sp³-hybridized carbons (Fsp3) is 1.00. The van der Waals surface area contributed by atoms with E-state index in [0.717, 1.165) is 24.3 Å². The van der Waals surface area contributed by atoms with Crippen molar-refractivity contribution in [2.45, 2.75) is 18.4 Å². The highest BCUT2D eigenvalue weighted by Gasteiger charge is 2.28. The smallest absolute Gasteiger partial charge is 0.0895 e. The van der Waals surface area contributed by atoms with Crippen molar-refractivity contribution < 1.29 is 9.84 Å². The highest BCUT2D eigenvalue weighted by molar-refractivity contribution is 7.99. The Morgan fingerprint density at radius 1 is 1.50 bits per heavy atom. The molecule has 0 saturated carbocycles. The maximum atomic E-state index is 9.73. The fourth-order valence-electron chi connectivity index (χ4n) is 1.16. The summed E-state index contributed by atoms with van der Waals surface area (Å²) in [6, 6.07) is 0.